The molecule has 3 aromatic rings. The molecule has 0 fully saturated rings. The number of amides is 1. The minimum Gasteiger partial charge on any atom is -0.324 e. The van der Waals surface area contributed by atoms with Gasteiger partial charge in [0.1, 0.15) is 6.04 Å². The number of anilines is 2. The van der Waals surface area contributed by atoms with Crippen LogP contribution in [0, 0.1) is 0 Å². The number of benzene rings is 2. The molecular weight excluding hydrogens is 515 g/mol. The Bertz CT molecular complexity index is 1410. The van der Waals surface area contributed by atoms with Crippen LogP contribution in [0.1, 0.15) is 32.4 Å². The van der Waals surface area contributed by atoms with Crippen LogP contribution in [0.5, 0.6) is 0 Å². The summed E-state index contributed by atoms with van der Waals surface area (Å²) >= 11 is 6.64. The largest absolute Gasteiger partial charge is 0.417 e. The Morgan fingerprint density at radius 3 is 2.35 bits per heavy atom. The zero-order valence-corrected chi connectivity index (χ0v) is 20.9. The third kappa shape index (κ3) is 5.23. The maximum atomic E-state index is 13.3. The Kier molecular flexibility index (Phi) is 7.07. The SMILES string of the molecule is CC(C)n1c(=O)sc2cc(NC(=O)[C@H](C)N(c3ccc(Cl)c(C(F)(F)F)c3)S(C)(=O)=O)ccc21. The molecule has 1 heterocycles. The van der Waals surface area contributed by atoms with E-state index in [0.29, 0.717) is 26.3 Å². The van der Waals surface area contributed by atoms with E-state index in [1.54, 1.807) is 22.8 Å². The van der Waals surface area contributed by atoms with E-state index in [9.17, 15) is 31.2 Å². The lowest BCUT2D eigenvalue weighted by atomic mass is 10.1. The van der Waals surface area contributed by atoms with Crippen molar-refractivity contribution in [3.8, 4) is 0 Å². The van der Waals surface area contributed by atoms with E-state index < -0.39 is 38.7 Å². The molecule has 0 aliphatic heterocycles. The molecule has 1 N–H and O–H groups in total. The zero-order valence-electron chi connectivity index (χ0n) is 18.5. The van der Waals surface area contributed by atoms with Gasteiger partial charge in [0, 0.05) is 11.7 Å². The Morgan fingerprint density at radius 1 is 1.15 bits per heavy atom. The molecule has 1 amide bonds. The van der Waals surface area contributed by atoms with Crippen molar-refractivity contribution in [2.45, 2.75) is 39.0 Å². The lowest BCUT2D eigenvalue weighted by Gasteiger charge is -2.29. The molecule has 0 bridgehead atoms. The average molecular weight is 536 g/mol. The van der Waals surface area contributed by atoms with Crippen LogP contribution in [0.25, 0.3) is 10.2 Å². The number of carbonyl (C=O) groups excluding carboxylic acids is 1. The standard InChI is InChI=1S/C21H21ClF3N3O4S2/c1-11(2)27-17-8-5-13(9-18(17)33-20(27)30)26-19(29)12(3)28(34(4,31)32)14-6-7-16(22)15(10-14)21(23,24)25/h5-12H,1-4H3,(H,26,29)/t12-/m0/s1. The van der Waals surface area contributed by atoms with Gasteiger partial charge in [-0.1, -0.05) is 22.9 Å². The lowest BCUT2D eigenvalue weighted by molar-refractivity contribution is -0.137. The molecule has 1 aromatic heterocycles. The van der Waals surface area contributed by atoms with Gasteiger partial charge in [0.05, 0.1) is 32.7 Å². The van der Waals surface area contributed by atoms with E-state index in [0.717, 1.165) is 29.7 Å². The number of rotatable bonds is 6. The lowest BCUT2D eigenvalue weighted by Crippen LogP contribution is -2.45. The average Bonchev–Trinajstić information content (AvgIpc) is 3.02. The molecule has 0 aliphatic carbocycles. The first-order valence-electron chi connectivity index (χ1n) is 9.93. The predicted molar refractivity (Wildman–Crippen MR) is 128 cm³/mol. The van der Waals surface area contributed by atoms with Gasteiger partial charge >= 0.3 is 11.0 Å². The first-order chi connectivity index (χ1) is 15.6. The smallest absolute Gasteiger partial charge is 0.324 e. The highest BCUT2D eigenvalue weighted by molar-refractivity contribution is 7.92. The summed E-state index contributed by atoms with van der Waals surface area (Å²) in [5.74, 6) is -0.774. The zero-order chi connectivity index (χ0) is 25.6. The van der Waals surface area contributed by atoms with Gasteiger partial charge in [-0.15, -0.1) is 0 Å². The fourth-order valence-corrected chi connectivity index (χ4v) is 5.97. The van der Waals surface area contributed by atoms with Crippen molar-refractivity contribution < 1.29 is 26.4 Å². The van der Waals surface area contributed by atoms with E-state index in [1.807, 2.05) is 13.8 Å². The van der Waals surface area contributed by atoms with E-state index in [-0.39, 0.29) is 16.6 Å². The first kappa shape index (κ1) is 26.0. The fraction of sp³-hybridized carbons (Fsp3) is 0.333. The van der Waals surface area contributed by atoms with Crippen LogP contribution in [0.15, 0.2) is 41.2 Å². The third-order valence-electron chi connectivity index (χ3n) is 5.00. The van der Waals surface area contributed by atoms with Gasteiger partial charge in [0.25, 0.3) is 0 Å². The quantitative estimate of drug-likeness (QED) is 0.475. The van der Waals surface area contributed by atoms with Gasteiger partial charge in [-0.05, 0) is 57.2 Å². The van der Waals surface area contributed by atoms with Crippen molar-refractivity contribution in [3.63, 3.8) is 0 Å². The van der Waals surface area contributed by atoms with E-state index in [4.69, 9.17) is 11.6 Å². The molecule has 0 saturated carbocycles. The number of hydrogen-bond donors (Lipinski definition) is 1. The molecule has 0 aliphatic rings. The number of sulfonamides is 1. The second-order valence-electron chi connectivity index (χ2n) is 7.90. The molecular formula is C21H21ClF3N3O4S2. The summed E-state index contributed by atoms with van der Waals surface area (Å²) in [6.07, 6.45) is -4.03. The van der Waals surface area contributed by atoms with Gasteiger partial charge in [-0.25, -0.2) is 8.42 Å². The molecule has 1 atom stereocenters. The number of nitrogens with zero attached hydrogens (tertiary/aromatic N) is 2. The predicted octanol–water partition coefficient (Wildman–Crippen LogP) is 5.11. The molecule has 0 radical (unpaired) electrons. The molecule has 0 saturated heterocycles. The number of hydrogen-bond acceptors (Lipinski definition) is 5. The molecule has 0 spiro atoms. The van der Waals surface area contributed by atoms with Crippen LogP contribution < -0.4 is 14.5 Å². The molecule has 184 valence electrons. The maximum Gasteiger partial charge on any atom is 0.417 e. The molecule has 3 rings (SSSR count). The summed E-state index contributed by atoms with van der Waals surface area (Å²) in [4.78, 5) is 25.0. The van der Waals surface area contributed by atoms with Crippen LogP contribution in [0.3, 0.4) is 0 Å². The molecule has 13 heteroatoms. The number of halogens is 4. The monoisotopic (exact) mass is 535 g/mol. The molecule has 0 unspecified atom stereocenters. The highest BCUT2D eigenvalue weighted by atomic mass is 35.5. The van der Waals surface area contributed by atoms with Crippen LogP contribution in [0.4, 0.5) is 24.5 Å². The Labute approximate surface area is 202 Å². The Morgan fingerprint density at radius 2 is 1.79 bits per heavy atom. The minimum absolute atomic E-state index is 0.0639. The first-order valence-corrected chi connectivity index (χ1v) is 13.0. The van der Waals surface area contributed by atoms with Crippen molar-refractivity contribution in [1.82, 2.24) is 4.57 Å². The van der Waals surface area contributed by atoms with Crippen LogP contribution in [-0.2, 0) is 21.0 Å². The number of aromatic nitrogens is 1. The van der Waals surface area contributed by atoms with Crippen LogP contribution in [-0.4, -0.2) is 31.2 Å². The number of thiazole rings is 1. The van der Waals surface area contributed by atoms with Crippen molar-refractivity contribution >= 4 is 60.5 Å². The Balaban J connectivity index is 1.95. The van der Waals surface area contributed by atoms with Crippen LogP contribution >= 0.6 is 22.9 Å². The van der Waals surface area contributed by atoms with Crippen LogP contribution in [0.2, 0.25) is 5.02 Å². The number of nitrogens with one attached hydrogen (secondary N) is 1. The van der Waals surface area contributed by atoms with Gasteiger partial charge < -0.3 is 5.32 Å². The summed E-state index contributed by atoms with van der Waals surface area (Å²) in [5.41, 5.74) is -0.579. The van der Waals surface area contributed by atoms with E-state index >= 15 is 0 Å². The summed E-state index contributed by atoms with van der Waals surface area (Å²) in [5, 5.41) is 1.98. The molecule has 7 nitrogen and oxygen atoms in total. The van der Waals surface area contributed by atoms with Gasteiger partial charge in [0.2, 0.25) is 15.9 Å². The van der Waals surface area contributed by atoms with Crippen molar-refractivity contribution in [1.29, 1.82) is 0 Å². The highest BCUT2D eigenvalue weighted by Gasteiger charge is 2.36. The van der Waals surface area contributed by atoms with E-state index in [1.165, 1.54) is 6.92 Å². The number of alkyl halides is 3. The normalized spacial score (nSPS) is 13.3. The second kappa shape index (κ2) is 9.23. The van der Waals surface area contributed by atoms with Gasteiger partial charge in [-0.3, -0.25) is 18.5 Å². The van der Waals surface area contributed by atoms with Gasteiger partial charge in [-0.2, -0.15) is 13.2 Å². The fourth-order valence-electron chi connectivity index (χ4n) is 3.53. The van der Waals surface area contributed by atoms with Crippen molar-refractivity contribution in [2.75, 3.05) is 15.9 Å². The van der Waals surface area contributed by atoms with Gasteiger partial charge in [0.15, 0.2) is 0 Å². The Hall–Kier alpha value is -2.57. The summed E-state index contributed by atoms with van der Waals surface area (Å²) in [6.45, 7) is 4.99. The third-order valence-corrected chi connectivity index (χ3v) is 7.49. The number of fused-ring (bicyclic) bond motifs is 1. The molecule has 34 heavy (non-hydrogen) atoms. The minimum atomic E-state index is -4.81. The van der Waals surface area contributed by atoms with Crippen molar-refractivity contribution in [2.24, 2.45) is 0 Å². The summed E-state index contributed by atoms with van der Waals surface area (Å²) < 4.78 is 67.6. The van der Waals surface area contributed by atoms with Crippen molar-refractivity contribution in [3.05, 3.63) is 56.7 Å². The summed E-state index contributed by atoms with van der Waals surface area (Å²) in [7, 11) is -4.16. The highest BCUT2D eigenvalue weighted by Crippen LogP contribution is 2.38. The summed E-state index contributed by atoms with van der Waals surface area (Å²) in [6, 6.07) is 5.96. The molecule has 2 aromatic carbocycles. The van der Waals surface area contributed by atoms with E-state index in [2.05, 4.69) is 5.32 Å². The maximum absolute atomic E-state index is 13.3. The number of carbonyl (C=O) groups is 1. The topological polar surface area (TPSA) is 88.5 Å². The second-order valence-corrected chi connectivity index (χ2v) is 11.2.